The summed E-state index contributed by atoms with van der Waals surface area (Å²) in [5.74, 6) is 3.42. The molecule has 0 amide bonds. The molecule has 4 heterocycles. The van der Waals surface area contributed by atoms with Gasteiger partial charge in [0, 0.05) is 34.8 Å². The number of fused-ring (bicyclic) bond motifs is 1. The smallest absolute Gasteiger partial charge is 0.257 e. The number of methoxy groups -OCH3 is 1. The van der Waals surface area contributed by atoms with Crippen molar-refractivity contribution in [2.24, 2.45) is 0 Å². The lowest BCUT2D eigenvalue weighted by Gasteiger charge is -2.22. The summed E-state index contributed by atoms with van der Waals surface area (Å²) in [4.78, 5) is 17.1. The first-order chi connectivity index (χ1) is 14.2. The summed E-state index contributed by atoms with van der Waals surface area (Å²) in [5, 5.41) is 3.54. The van der Waals surface area contributed by atoms with Crippen molar-refractivity contribution in [2.75, 3.05) is 31.5 Å². The first-order valence-corrected chi connectivity index (χ1v) is 10.2. The summed E-state index contributed by atoms with van der Waals surface area (Å²) in [6.45, 7) is 3.21. The van der Waals surface area contributed by atoms with Gasteiger partial charge in [0.15, 0.2) is 5.75 Å². The van der Waals surface area contributed by atoms with Crippen LogP contribution in [0.5, 0.6) is 17.4 Å². The predicted octanol–water partition coefficient (Wildman–Crippen LogP) is 3.58. The second-order valence-electron chi connectivity index (χ2n) is 6.26. The number of anilines is 1. The summed E-state index contributed by atoms with van der Waals surface area (Å²) in [7, 11) is 1.61. The normalized spacial score (nSPS) is 13.6. The molecule has 0 fully saturated rings. The lowest BCUT2D eigenvalue weighted by Crippen LogP contribution is -2.18. The number of rotatable bonds is 7. The molecule has 0 spiro atoms. The first kappa shape index (κ1) is 19.3. The molecule has 1 aliphatic heterocycles. The zero-order chi connectivity index (χ0) is 20.1. The Kier molecular flexibility index (Phi) is 5.95. The van der Waals surface area contributed by atoms with Crippen LogP contribution in [0.25, 0.3) is 11.3 Å². The Morgan fingerprint density at radius 2 is 2.07 bits per heavy atom. The minimum absolute atomic E-state index is 0.199. The van der Waals surface area contributed by atoms with Gasteiger partial charge in [0.05, 0.1) is 24.9 Å². The van der Waals surface area contributed by atoms with Gasteiger partial charge in [0.2, 0.25) is 0 Å². The molecule has 0 saturated heterocycles. The van der Waals surface area contributed by atoms with E-state index >= 15 is 0 Å². The number of hydrogen-bond acceptors (Lipinski definition) is 9. The number of nitrogens with zero attached hydrogens (tertiary/aromatic N) is 4. The Balaban J connectivity index is 1.40. The van der Waals surface area contributed by atoms with Crippen LogP contribution in [0.15, 0.2) is 43.1 Å². The lowest BCUT2D eigenvalue weighted by molar-refractivity contribution is 0.163. The Morgan fingerprint density at radius 1 is 1.17 bits per heavy atom. The van der Waals surface area contributed by atoms with E-state index in [1.54, 1.807) is 37.5 Å². The molecule has 1 aliphatic rings. The van der Waals surface area contributed by atoms with E-state index in [1.807, 2.05) is 18.2 Å². The average molecular weight is 411 g/mol. The molecule has 9 heteroatoms. The van der Waals surface area contributed by atoms with Gasteiger partial charge in [-0.2, -0.15) is 0 Å². The van der Waals surface area contributed by atoms with Crippen LogP contribution in [-0.2, 0) is 0 Å². The molecule has 0 unspecified atom stereocenters. The second-order valence-corrected chi connectivity index (χ2v) is 7.59. The van der Waals surface area contributed by atoms with Crippen molar-refractivity contribution in [3.8, 4) is 28.6 Å². The SMILES string of the molecule is COc1cncc(-c2cc(NCS[C@@H](C)c3ccnc4c3OCCO4)ncn2)c1. The molecule has 150 valence electrons. The molecule has 3 aromatic heterocycles. The van der Waals surface area contributed by atoms with Crippen molar-refractivity contribution < 1.29 is 14.2 Å². The molecule has 0 aromatic carbocycles. The van der Waals surface area contributed by atoms with Gasteiger partial charge in [0.1, 0.15) is 31.1 Å². The first-order valence-electron chi connectivity index (χ1n) is 9.16. The van der Waals surface area contributed by atoms with Crippen LogP contribution in [0, 0.1) is 0 Å². The lowest BCUT2D eigenvalue weighted by atomic mass is 10.2. The molecule has 1 N–H and O–H groups in total. The van der Waals surface area contributed by atoms with Crippen LogP contribution in [0.4, 0.5) is 5.82 Å². The summed E-state index contributed by atoms with van der Waals surface area (Å²) in [6.07, 6.45) is 6.70. The highest BCUT2D eigenvalue weighted by molar-refractivity contribution is 7.99. The van der Waals surface area contributed by atoms with E-state index in [-0.39, 0.29) is 5.25 Å². The molecule has 0 bridgehead atoms. The highest BCUT2D eigenvalue weighted by atomic mass is 32.2. The van der Waals surface area contributed by atoms with E-state index in [0.29, 0.717) is 30.7 Å². The third kappa shape index (κ3) is 4.51. The topological polar surface area (TPSA) is 91.3 Å². The van der Waals surface area contributed by atoms with E-state index in [9.17, 15) is 0 Å². The minimum atomic E-state index is 0.199. The number of pyridine rings is 2. The number of aromatic nitrogens is 4. The van der Waals surface area contributed by atoms with E-state index < -0.39 is 0 Å². The molecule has 29 heavy (non-hydrogen) atoms. The highest BCUT2D eigenvalue weighted by Crippen LogP contribution is 2.40. The molecule has 1 atom stereocenters. The minimum Gasteiger partial charge on any atom is -0.495 e. The van der Waals surface area contributed by atoms with Crippen molar-refractivity contribution >= 4 is 17.6 Å². The maximum Gasteiger partial charge on any atom is 0.257 e. The Hall–Kier alpha value is -3.07. The van der Waals surface area contributed by atoms with Crippen molar-refractivity contribution in [3.63, 3.8) is 0 Å². The summed E-state index contributed by atoms with van der Waals surface area (Å²) < 4.78 is 16.6. The molecule has 4 rings (SSSR count). The monoisotopic (exact) mass is 411 g/mol. The van der Waals surface area contributed by atoms with Crippen molar-refractivity contribution in [1.82, 2.24) is 19.9 Å². The van der Waals surface area contributed by atoms with Crippen LogP contribution < -0.4 is 19.5 Å². The van der Waals surface area contributed by atoms with Crippen LogP contribution in [0.3, 0.4) is 0 Å². The molecule has 3 aromatic rings. The van der Waals surface area contributed by atoms with Crippen LogP contribution in [0.2, 0.25) is 0 Å². The maximum absolute atomic E-state index is 5.77. The van der Waals surface area contributed by atoms with E-state index in [2.05, 4.69) is 32.2 Å². The summed E-state index contributed by atoms with van der Waals surface area (Å²) in [6, 6.07) is 5.77. The zero-order valence-corrected chi connectivity index (χ0v) is 17.0. The molecule has 0 saturated carbocycles. The van der Waals surface area contributed by atoms with Crippen molar-refractivity contribution in [1.29, 1.82) is 0 Å². The molecule has 0 aliphatic carbocycles. The fraction of sp³-hybridized carbons (Fsp3) is 0.300. The molecular weight excluding hydrogens is 390 g/mol. The van der Waals surface area contributed by atoms with Gasteiger partial charge in [-0.15, -0.1) is 11.8 Å². The largest absolute Gasteiger partial charge is 0.495 e. The van der Waals surface area contributed by atoms with E-state index in [4.69, 9.17) is 14.2 Å². The van der Waals surface area contributed by atoms with Crippen LogP contribution in [0.1, 0.15) is 17.7 Å². The number of hydrogen-bond donors (Lipinski definition) is 1. The Morgan fingerprint density at radius 3 is 2.97 bits per heavy atom. The molecule has 0 radical (unpaired) electrons. The van der Waals surface area contributed by atoms with Crippen LogP contribution in [-0.4, -0.2) is 46.1 Å². The molecular formula is C20H21N5O3S. The van der Waals surface area contributed by atoms with Gasteiger partial charge < -0.3 is 19.5 Å². The van der Waals surface area contributed by atoms with Gasteiger partial charge in [-0.25, -0.2) is 15.0 Å². The van der Waals surface area contributed by atoms with Gasteiger partial charge in [0.25, 0.3) is 5.88 Å². The number of nitrogens with one attached hydrogen (secondary N) is 1. The standard InChI is InChI=1S/C20H21N5O3S/c1-13(16-3-4-22-20-19(16)27-5-6-28-20)29-12-25-18-8-17(23-11-24-18)14-7-15(26-2)10-21-9-14/h3-4,7-11,13H,5-6,12H2,1-2H3,(H,23,24,25)/t13-/m0/s1. The van der Waals surface area contributed by atoms with Crippen molar-refractivity contribution in [3.05, 3.63) is 48.7 Å². The second kappa shape index (κ2) is 8.95. The fourth-order valence-corrected chi connectivity index (χ4v) is 3.75. The molecule has 8 nitrogen and oxygen atoms in total. The predicted molar refractivity (Wildman–Crippen MR) is 112 cm³/mol. The third-order valence-electron chi connectivity index (χ3n) is 4.41. The summed E-state index contributed by atoms with van der Waals surface area (Å²) >= 11 is 1.74. The van der Waals surface area contributed by atoms with E-state index in [1.165, 1.54) is 6.33 Å². The van der Waals surface area contributed by atoms with E-state index in [0.717, 1.165) is 28.4 Å². The number of ether oxygens (including phenoxy) is 3. The van der Waals surface area contributed by atoms with Crippen LogP contribution >= 0.6 is 11.8 Å². The quantitative estimate of drug-likeness (QED) is 0.586. The fourth-order valence-electron chi connectivity index (χ4n) is 2.91. The van der Waals surface area contributed by atoms with Gasteiger partial charge in [-0.3, -0.25) is 4.98 Å². The number of thioether (sulfide) groups is 1. The maximum atomic E-state index is 5.77. The zero-order valence-electron chi connectivity index (χ0n) is 16.2. The highest BCUT2D eigenvalue weighted by Gasteiger charge is 2.21. The third-order valence-corrected chi connectivity index (χ3v) is 5.47. The average Bonchev–Trinajstić information content (AvgIpc) is 2.79. The van der Waals surface area contributed by atoms with Gasteiger partial charge in [-0.1, -0.05) is 0 Å². The summed E-state index contributed by atoms with van der Waals surface area (Å²) in [5.41, 5.74) is 2.73. The van der Waals surface area contributed by atoms with Gasteiger partial charge in [-0.05, 0) is 19.1 Å². The Bertz CT molecular complexity index is 988. The van der Waals surface area contributed by atoms with Crippen molar-refractivity contribution in [2.45, 2.75) is 12.2 Å². The van der Waals surface area contributed by atoms with Gasteiger partial charge >= 0.3 is 0 Å². The Labute approximate surface area is 173 Å².